The monoisotopic (exact) mass is 834 g/mol. The Hall–Kier alpha value is -5.71. The number of aliphatic carboxylic acids is 4. The summed E-state index contributed by atoms with van der Waals surface area (Å²) in [5.74, 6) is -5.11. The maximum atomic E-state index is 14.4. The first kappa shape index (κ1) is 44.4. The van der Waals surface area contributed by atoms with Crippen molar-refractivity contribution < 1.29 is 63.7 Å². The number of carbonyl (C=O) groups is 5. The normalized spacial score (nSPS) is 18.1. The Morgan fingerprint density at radius 3 is 1.97 bits per heavy atom. The van der Waals surface area contributed by atoms with Crippen molar-refractivity contribution in [2.75, 3.05) is 46.4 Å². The Morgan fingerprint density at radius 1 is 0.712 bits per heavy atom. The van der Waals surface area contributed by atoms with Crippen molar-refractivity contribution in [3.63, 3.8) is 0 Å². The van der Waals surface area contributed by atoms with Gasteiger partial charge < -0.3 is 39.7 Å². The lowest BCUT2D eigenvalue weighted by Gasteiger charge is -2.41. The molecule has 0 amide bonds. The highest BCUT2D eigenvalue weighted by Gasteiger charge is 2.33. The number of phenolic OH excluding ortho intramolecular Hbond substituents is 1. The van der Waals surface area contributed by atoms with Crippen LogP contribution < -0.4 is 14.2 Å². The van der Waals surface area contributed by atoms with Crippen molar-refractivity contribution in [3.8, 4) is 33.4 Å². The summed E-state index contributed by atoms with van der Waals surface area (Å²) in [5.41, 5.74) is 2.11. The summed E-state index contributed by atoms with van der Waals surface area (Å²) in [6.07, 6.45) is 11.1. The van der Waals surface area contributed by atoms with E-state index in [2.05, 4.69) is 9.80 Å². The SMILES string of the molecule is COc1cc(C(=O)c2c(-c3ccc(OCCN4CCCC4)cc3)sc3cc(O)ccc23)ccc1O[C@@H]1CCCC[C@H]1N1CCCCC1.O=C(O)C(=O)O.O=C(O)C(=O)O. The molecule has 2 saturated heterocycles. The van der Waals surface area contributed by atoms with Crippen molar-refractivity contribution in [1.29, 1.82) is 0 Å². The summed E-state index contributed by atoms with van der Waals surface area (Å²) in [5, 5.41) is 40.6. The first-order valence-electron chi connectivity index (χ1n) is 19.6. The number of phenols is 1. The molecule has 2 atom stereocenters. The van der Waals surface area contributed by atoms with Gasteiger partial charge in [0.15, 0.2) is 17.3 Å². The zero-order valence-electron chi connectivity index (χ0n) is 32.8. The summed E-state index contributed by atoms with van der Waals surface area (Å²) in [7, 11) is 1.64. The summed E-state index contributed by atoms with van der Waals surface area (Å²) in [6.45, 7) is 6.21. The molecule has 3 aliphatic rings. The number of methoxy groups -OCH3 is 1. The van der Waals surface area contributed by atoms with Crippen LogP contribution in [0.3, 0.4) is 0 Å². The minimum absolute atomic E-state index is 0.0865. The molecule has 1 aliphatic carbocycles. The molecular formula is C43H50N2O13S. The van der Waals surface area contributed by atoms with Gasteiger partial charge in [0.05, 0.1) is 7.11 Å². The standard InChI is InChI=1S/C39H46N2O5S.2C2H2O4/c1-44-35-25-28(13-18-34(35)46-33-10-4-3-9-32(33)41-21-5-2-6-22-41)38(43)37-31-17-14-29(42)26-36(31)47-39(37)27-11-15-30(16-12-27)45-24-23-40-19-7-8-20-40;2*3-1(4)2(5)6/h11-18,25-26,32-33,42H,2-10,19-24H2,1H3;2*(H,3,4)(H,5,6)/t32-,33-;;/m1../s1. The summed E-state index contributed by atoms with van der Waals surface area (Å²) >= 11 is 1.52. The van der Waals surface area contributed by atoms with Gasteiger partial charge in [0.2, 0.25) is 0 Å². The van der Waals surface area contributed by atoms with E-state index in [9.17, 15) is 9.90 Å². The van der Waals surface area contributed by atoms with Gasteiger partial charge in [-0.15, -0.1) is 11.3 Å². The van der Waals surface area contributed by atoms with E-state index >= 15 is 0 Å². The van der Waals surface area contributed by atoms with Crippen LogP contribution in [0.25, 0.3) is 20.5 Å². The molecule has 2 aliphatic heterocycles. The third-order valence-electron chi connectivity index (χ3n) is 10.5. The van der Waals surface area contributed by atoms with Gasteiger partial charge in [-0.3, -0.25) is 14.6 Å². The van der Waals surface area contributed by atoms with Gasteiger partial charge >= 0.3 is 23.9 Å². The van der Waals surface area contributed by atoms with E-state index in [1.807, 2.05) is 48.5 Å². The number of nitrogens with zero attached hydrogens (tertiary/aromatic N) is 2. The molecule has 16 heteroatoms. The van der Waals surface area contributed by atoms with Crippen LogP contribution in [0.1, 0.15) is 73.7 Å². The minimum Gasteiger partial charge on any atom is -0.508 e. The van der Waals surface area contributed by atoms with Crippen molar-refractivity contribution in [1.82, 2.24) is 9.80 Å². The Kier molecular flexibility index (Phi) is 16.1. The molecule has 0 bridgehead atoms. The van der Waals surface area contributed by atoms with Crippen LogP contribution >= 0.6 is 11.3 Å². The highest BCUT2D eigenvalue weighted by molar-refractivity contribution is 7.22. The summed E-state index contributed by atoms with van der Waals surface area (Å²) in [6, 6.07) is 19.2. The maximum Gasteiger partial charge on any atom is 0.414 e. The van der Waals surface area contributed by atoms with E-state index in [1.54, 1.807) is 19.2 Å². The number of benzene rings is 3. The Balaban J connectivity index is 0.000000484. The average molecular weight is 835 g/mol. The van der Waals surface area contributed by atoms with E-state index < -0.39 is 23.9 Å². The molecule has 0 unspecified atom stereocenters. The number of ether oxygens (including phenoxy) is 3. The highest BCUT2D eigenvalue weighted by Crippen LogP contribution is 2.42. The number of aromatic hydroxyl groups is 1. The molecule has 0 spiro atoms. The fourth-order valence-corrected chi connectivity index (χ4v) is 8.85. The molecule has 3 heterocycles. The number of piperidine rings is 1. The first-order chi connectivity index (χ1) is 28.4. The van der Waals surface area contributed by atoms with Crippen molar-refractivity contribution in [2.45, 2.75) is 69.9 Å². The number of rotatable bonds is 11. The van der Waals surface area contributed by atoms with Gasteiger partial charge in [0.25, 0.3) is 0 Å². The molecule has 4 aromatic rings. The van der Waals surface area contributed by atoms with Gasteiger partial charge in [-0.25, -0.2) is 19.2 Å². The summed E-state index contributed by atoms with van der Waals surface area (Å²) in [4.78, 5) is 56.7. The highest BCUT2D eigenvalue weighted by atomic mass is 32.1. The molecule has 1 aromatic heterocycles. The third kappa shape index (κ3) is 12.2. The molecule has 1 saturated carbocycles. The second kappa shape index (κ2) is 21.3. The van der Waals surface area contributed by atoms with Crippen LogP contribution in [0.2, 0.25) is 0 Å². The molecule has 15 nitrogen and oxygen atoms in total. The number of carboxylic acids is 4. The zero-order chi connectivity index (χ0) is 42.5. The smallest absolute Gasteiger partial charge is 0.414 e. The van der Waals surface area contributed by atoms with Crippen LogP contribution in [0, 0.1) is 0 Å². The Labute approximate surface area is 345 Å². The van der Waals surface area contributed by atoms with Crippen LogP contribution in [-0.2, 0) is 19.2 Å². The zero-order valence-corrected chi connectivity index (χ0v) is 33.7. The van der Waals surface area contributed by atoms with Crippen LogP contribution in [0.4, 0.5) is 0 Å². The lowest BCUT2D eigenvalue weighted by Crippen LogP contribution is -2.49. The van der Waals surface area contributed by atoms with Crippen LogP contribution in [0.5, 0.6) is 23.0 Å². The molecule has 5 N–H and O–H groups in total. The number of hydrogen-bond donors (Lipinski definition) is 5. The van der Waals surface area contributed by atoms with Gasteiger partial charge in [-0.1, -0.05) is 12.8 Å². The number of likely N-dealkylation sites (tertiary alicyclic amines) is 2. The topological polar surface area (TPSA) is 221 Å². The third-order valence-corrected chi connectivity index (χ3v) is 11.7. The largest absolute Gasteiger partial charge is 0.508 e. The fraction of sp³-hybridized carbons (Fsp3) is 0.419. The fourth-order valence-electron chi connectivity index (χ4n) is 7.61. The first-order valence-corrected chi connectivity index (χ1v) is 20.4. The minimum atomic E-state index is -1.82. The molecular weight excluding hydrogens is 785 g/mol. The van der Waals surface area contributed by atoms with E-state index in [0.717, 1.165) is 65.4 Å². The lowest BCUT2D eigenvalue weighted by atomic mass is 9.90. The number of carboxylic acid groups (broad SMARTS) is 4. The van der Waals surface area contributed by atoms with Crippen molar-refractivity contribution in [2.24, 2.45) is 0 Å². The van der Waals surface area contributed by atoms with Gasteiger partial charge in [0, 0.05) is 38.7 Å². The van der Waals surface area contributed by atoms with E-state index in [1.165, 1.54) is 62.7 Å². The summed E-state index contributed by atoms with van der Waals surface area (Å²) < 4.78 is 19.4. The second-order valence-corrected chi connectivity index (χ2v) is 15.5. The lowest BCUT2D eigenvalue weighted by molar-refractivity contribution is -0.159. The number of thiophene rings is 1. The average Bonchev–Trinajstić information content (AvgIpc) is 3.90. The quantitative estimate of drug-likeness (QED) is 0.0807. The Bertz CT molecular complexity index is 2040. The predicted molar refractivity (Wildman–Crippen MR) is 219 cm³/mol. The van der Waals surface area contributed by atoms with Gasteiger partial charge in [-0.05, 0) is 137 Å². The second-order valence-electron chi connectivity index (χ2n) is 14.4. The van der Waals surface area contributed by atoms with E-state index in [-0.39, 0.29) is 17.6 Å². The molecule has 7 rings (SSSR count). The van der Waals surface area contributed by atoms with Crippen molar-refractivity contribution >= 4 is 51.1 Å². The van der Waals surface area contributed by atoms with Crippen molar-refractivity contribution in [3.05, 3.63) is 71.8 Å². The molecule has 59 heavy (non-hydrogen) atoms. The molecule has 316 valence electrons. The number of carbonyl (C=O) groups excluding carboxylic acids is 1. The molecule has 0 radical (unpaired) electrons. The Morgan fingerprint density at radius 2 is 1.34 bits per heavy atom. The van der Waals surface area contributed by atoms with Crippen LogP contribution in [-0.4, -0.2) is 124 Å². The van der Waals surface area contributed by atoms with Gasteiger partial charge in [0.1, 0.15) is 24.2 Å². The predicted octanol–water partition coefficient (Wildman–Crippen LogP) is 6.48. The molecule has 3 fully saturated rings. The molecule has 3 aromatic carbocycles. The maximum absolute atomic E-state index is 14.4. The van der Waals surface area contributed by atoms with Gasteiger partial charge in [-0.2, -0.15) is 0 Å². The van der Waals surface area contributed by atoms with E-state index in [4.69, 9.17) is 53.8 Å². The number of fused-ring (bicyclic) bond motifs is 1. The number of ketones is 1. The van der Waals surface area contributed by atoms with E-state index in [0.29, 0.717) is 35.3 Å². The number of hydrogen-bond acceptors (Lipinski definition) is 12. The van der Waals surface area contributed by atoms with Crippen LogP contribution in [0.15, 0.2) is 60.7 Å².